The van der Waals surface area contributed by atoms with E-state index in [1.807, 2.05) is 6.92 Å². The summed E-state index contributed by atoms with van der Waals surface area (Å²) in [6.45, 7) is 4.03. The van der Waals surface area contributed by atoms with Crippen molar-refractivity contribution >= 4 is 23.5 Å². The fourth-order valence-corrected chi connectivity index (χ4v) is 11.7. The zero-order valence-electron chi connectivity index (χ0n) is 33.4. The van der Waals surface area contributed by atoms with Crippen LogP contribution in [-0.2, 0) is 39.2 Å². The van der Waals surface area contributed by atoms with E-state index in [0.29, 0.717) is 18.4 Å². The molecule has 318 valence electrons. The van der Waals surface area contributed by atoms with Crippen molar-refractivity contribution < 1.29 is 63.5 Å². The molecule has 2 saturated carbocycles. The normalized spacial score (nSPS) is 47.1. The van der Waals surface area contributed by atoms with Gasteiger partial charge in [0.25, 0.3) is 0 Å². The molecule has 15 atom stereocenters. The standard InChI is InChI=1S/C45H53ClO13/c1-25-14-8-4-5-9-15-26(2)37(48)55-34-29(22-46)20-31-42(34,52)39(50)41(23-47)35(56-41)32-36-44(53,40(51,21-25)24-54-38(49)28-16-10-6-11-17-28)33-27(3)43(31,32)59-45(57-33,58-36)30-18-12-7-13-19-30/h6-7,10-13,16-20,22,25-27,32-36,39,47,50-53H,4-5,8-9,14-15,21,23-24H2,1-3H3. The van der Waals surface area contributed by atoms with E-state index in [9.17, 15) is 35.1 Å². The molecule has 5 aliphatic heterocycles. The molecule has 5 heterocycles. The van der Waals surface area contributed by atoms with Crippen molar-refractivity contribution in [2.75, 3.05) is 13.2 Å². The van der Waals surface area contributed by atoms with Crippen molar-refractivity contribution in [3.05, 3.63) is 94.5 Å². The van der Waals surface area contributed by atoms with Crippen LogP contribution in [0.15, 0.2) is 83.4 Å². The molecule has 0 radical (unpaired) electrons. The van der Waals surface area contributed by atoms with Gasteiger partial charge in [-0.1, -0.05) is 113 Å². The Morgan fingerprint density at radius 2 is 1.56 bits per heavy atom. The molecule has 2 aromatic carbocycles. The fraction of sp³-hybridized carbons (Fsp3) is 0.600. The second kappa shape index (κ2) is 14.4. The Balaban J connectivity index is 1.27. The molecule has 8 bridgehead atoms. The highest BCUT2D eigenvalue weighted by Gasteiger charge is 2.90. The van der Waals surface area contributed by atoms with E-state index in [1.54, 1.807) is 80.6 Å². The Bertz CT molecular complexity index is 2030. The molecular formula is C45H53ClO13. The summed E-state index contributed by atoms with van der Waals surface area (Å²) < 4.78 is 39.4. The number of epoxide rings is 1. The summed E-state index contributed by atoms with van der Waals surface area (Å²) >= 11 is 6.49. The number of aliphatic hydroxyl groups excluding tert-OH is 2. The lowest BCUT2D eigenvalue weighted by atomic mass is 9.50. The summed E-state index contributed by atoms with van der Waals surface area (Å²) in [5.41, 5.74) is -8.65. The molecule has 5 saturated heterocycles. The number of esters is 2. The number of rotatable bonds is 5. The maximum atomic E-state index is 13.9. The van der Waals surface area contributed by atoms with Crippen molar-refractivity contribution in [3.8, 4) is 0 Å². The van der Waals surface area contributed by atoms with Gasteiger partial charge in [0, 0.05) is 28.2 Å². The molecule has 59 heavy (non-hydrogen) atoms. The van der Waals surface area contributed by atoms with E-state index < -0.39 is 107 Å². The van der Waals surface area contributed by atoms with Crippen molar-refractivity contribution in [1.29, 1.82) is 0 Å². The third-order valence-corrected chi connectivity index (χ3v) is 14.9. The minimum absolute atomic E-state index is 0.0383. The van der Waals surface area contributed by atoms with Crippen LogP contribution in [0.5, 0.6) is 0 Å². The van der Waals surface area contributed by atoms with Gasteiger partial charge in [-0.3, -0.25) is 4.79 Å². The minimum Gasteiger partial charge on any atom is -0.459 e. The Morgan fingerprint density at radius 3 is 2.24 bits per heavy atom. The molecule has 1 spiro atoms. The number of benzene rings is 2. The van der Waals surface area contributed by atoms with Crippen molar-refractivity contribution in [1.82, 2.24) is 0 Å². The Hall–Kier alpha value is -3.21. The molecule has 14 heteroatoms. The van der Waals surface area contributed by atoms with Crippen LogP contribution >= 0.6 is 11.6 Å². The highest BCUT2D eigenvalue weighted by Crippen LogP contribution is 2.74. The largest absolute Gasteiger partial charge is 0.459 e. The van der Waals surface area contributed by atoms with Crippen molar-refractivity contribution in [2.24, 2.45) is 23.7 Å². The van der Waals surface area contributed by atoms with Crippen LogP contribution in [-0.4, -0.2) is 109 Å². The molecule has 8 aliphatic rings. The lowest BCUT2D eigenvalue weighted by Crippen LogP contribution is -2.89. The number of hydrogen-bond acceptors (Lipinski definition) is 13. The van der Waals surface area contributed by atoms with Gasteiger partial charge in [0.1, 0.15) is 53.4 Å². The van der Waals surface area contributed by atoms with Gasteiger partial charge >= 0.3 is 17.9 Å². The maximum Gasteiger partial charge on any atom is 0.338 e. The van der Waals surface area contributed by atoms with Gasteiger partial charge in [0.05, 0.1) is 24.0 Å². The zero-order valence-corrected chi connectivity index (χ0v) is 34.1. The maximum absolute atomic E-state index is 13.9. The van der Waals surface area contributed by atoms with Gasteiger partial charge in [0.2, 0.25) is 0 Å². The van der Waals surface area contributed by atoms with E-state index in [0.717, 1.165) is 25.7 Å². The van der Waals surface area contributed by atoms with Gasteiger partial charge in [0.15, 0.2) is 11.7 Å². The number of aliphatic hydroxyl groups is 5. The number of fused-ring (bicyclic) bond motifs is 1. The van der Waals surface area contributed by atoms with E-state index in [1.165, 1.54) is 5.54 Å². The summed E-state index contributed by atoms with van der Waals surface area (Å²) in [6.07, 6.45) is -1.58. The lowest BCUT2D eigenvalue weighted by molar-refractivity contribution is -0.584. The van der Waals surface area contributed by atoms with Crippen LogP contribution in [0.25, 0.3) is 0 Å². The molecule has 13 nitrogen and oxygen atoms in total. The van der Waals surface area contributed by atoms with Crippen LogP contribution in [0.4, 0.5) is 0 Å². The van der Waals surface area contributed by atoms with Crippen molar-refractivity contribution in [2.45, 2.75) is 130 Å². The summed E-state index contributed by atoms with van der Waals surface area (Å²) in [7, 11) is 0. The number of halogens is 1. The smallest absolute Gasteiger partial charge is 0.338 e. The first-order chi connectivity index (χ1) is 28.2. The number of carbonyl (C=O) groups excluding carboxylic acids is 2. The van der Waals surface area contributed by atoms with E-state index in [4.69, 9.17) is 40.0 Å². The first kappa shape index (κ1) is 41.2. The molecule has 10 rings (SSSR count). The number of ether oxygens (including phenoxy) is 6. The highest BCUT2D eigenvalue weighted by atomic mass is 35.5. The Morgan fingerprint density at radius 1 is 0.898 bits per heavy atom. The first-order valence-electron chi connectivity index (χ1n) is 20.9. The molecule has 3 aliphatic carbocycles. The van der Waals surface area contributed by atoms with Gasteiger partial charge in [-0.2, -0.15) is 0 Å². The van der Waals surface area contributed by atoms with Gasteiger partial charge in [-0.25, -0.2) is 4.79 Å². The Kier molecular flexibility index (Phi) is 10.1. The highest BCUT2D eigenvalue weighted by molar-refractivity contribution is 6.26. The van der Waals surface area contributed by atoms with Gasteiger partial charge in [-0.15, -0.1) is 0 Å². The summed E-state index contributed by atoms with van der Waals surface area (Å²) in [4.78, 5) is 27.4. The molecular weight excluding hydrogens is 784 g/mol. The molecule has 5 N–H and O–H groups in total. The molecule has 2 aromatic rings. The third kappa shape index (κ3) is 5.69. The Labute approximate surface area is 347 Å². The minimum atomic E-state index is -2.49. The molecule has 7 fully saturated rings. The third-order valence-electron chi connectivity index (χ3n) is 14.6. The van der Waals surface area contributed by atoms with Crippen LogP contribution in [0.3, 0.4) is 0 Å². The summed E-state index contributed by atoms with van der Waals surface area (Å²) in [6, 6.07) is 17.1. The van der Waals surface area contributed by atoms with E-state index in [-0.39, 0.29) is 29.0 Å². The average molecular weight is 837 g/mol. The van der Waals surface area contributed by atoms with Gasteiger partial charge < -0.3 is 54.0 Å². The molecule has 0 amide bonds. The van der Waals surface area contributed by atoms with Crippen LogP contribution in [0.2, 0.25) is 0 Å². The summed E-state index contributed by atoms with van der Waals surface area (Å²) in [5, 5.41) is 64.2. The van der Waals surface area contributed by atoms with Crippen LogP contribution < -0.4 is 0 Å². The predicted octanol–water partition coefficient (Wildman–Crippen LogP) is 4.16. The monoisotopic (exact) mass is 836 g/mol. The molecule has 0 aromatic heterocycles. The lowest BCUT2D eigenvalue weighted by Gasteiger charge is -2.73. The fourth-order valence-electron chi connectivity index (χ4n) is 11.6. The SMILES string of the molecule is CC1CCCCCCC(C)C(=O)OC2C(=CCl)C=C3C2(O)C(O)C2(CO)OC2C2C4OC5(c6ccccc6)OC(C(C)C32O5)C4(O)C(O)(COC(=O)c2ccccc2)C1. The first-order valence-corrected chi connectivity index (χ1v) is 21.3. The quantitative estimate of drug-likeness (QED) is 0.213. The topological polar surface area (TPSA) is 194 Å². The predicted molar refractivity (Wildman–Crippen MR) is 209 cm³/mol. The van der Waals surface area contributed by atoms with Crippen molar-refractivity contribution in [3.63, 3.8) is 0 Å². The van der Waals surface area contributed by atoms with Crippen LogP contribution in [0, 0.1) is 23.7 Å². The van der Waals surface area contributed by atoms with E-state index >= 15 is 0 Å². The number of hydrogen-bond donors (Lipinski definition) is 5. The zero-order chi connectivity index (χ0) is 41.8. The average Bonchev–Trinajstić information content (AvgIpc) is 3.91. The van der Waals surface area contributed by atoms with Gasteiger partial charge in [-0.05, 0) is 37.0 Å². The molecule has 15 unspecified atom stereocenters. The number of carbonyl (C=O) groups is 2. The van der Waals surface area contributed by atoms with E-state index in [2.05, 4.69) is 0 Å². The van der Waals surface area contributed by atoms with Crippen LogP contribution in [0.1, 0.15) is 81.6 Å². The second-order valence-corrected chi connectivity index (χ2v) is 18.3. The summed E-state index contributed by atoms with van der Waals surface area (Å²) in [5.74, 6) is -6.29. The second-order valence-electron chi connectivity index (χ2n) is 18.1.